The molecular formula is C39H78NO8PS2. The number of hydrogen-bond acceptors (Lipinski definition) is 10. The van der Waals surface area contributed by atoms with Crippen LogP contribution in [0.3, 0.4) is 0 Å². The van der Waals surface area contributed by atoms with E-state index in [1.54, 1.807) is 0 Å². The summed E-state index contributed by atoms with van der Waals surface area (Å²) < 4.78 is 32.7. The molecule has 3 N–H and O–H groups in total. The quantitative estimate of drug-likeness (QED) is 0.0348. The second-order valence-corrected chi connectivity index (χ2v) is 17.6. The highest BCUT2D eigenvalue weighted by molar-refractivity contribution is 7.99. The molecule has 0 aromatic rings. The fourth-order valence-corrected chi connectivity index (χ4v) is 8.34. The van der Waals surface area contributed by atoms with Crippen molar-refractivity contribution in [2.75, 3.05) is 49.4 Å². The molecular weight excluding hydrogens is 706 g/mol. The molecule has 2 atom stereocenters. The van der Waals surface area contributed by atoms with Gasteiger partial charge in [0.15, 0.2) is 6.10 Å². The smallest absolute Gasteiger partial charge is 0.462 e. The van der Waals surface area contributed by atoms with Crippen LogP contribution < -0.4 is 5.73 Å². The molecule has 0 saturated carbocycles. The van der Waals surface area contributed by atoms with Gasteiger partial charge in [-0.25, -0.2) is 4.57 Å². The second kappa shape index (κ2) is 39.4. The summed E-state index contributed by atoms with van der Waals surface area (Å²) in [7, 11) is -4.37. The average molecular weight is 784 g/mol. The van der Waals surface area contributed by atoms with E-state index in [0.29, 0.717) is 6.42 Å². The number of nitrogens with two attached hydrogens (primary N) is 1. The fourth-order valence-electron chi connectivity index (χ4n) is 5.54. The zero-order chi connectivity index (χ0) is 37.5. The molecule has 0 rings (SSSR count). The molecule has 0 aliphatic rings. The number of esters is 2. The Labute approximate surface area is 321 Å². The molecule has 9 nitrogen and oxygen atoms in total. The minimum Gasteiger partial charge on any atom is -0.462 e. The van der Waals surface area contributed by atoms with Crippen molar-refractivity contribution in [3.05, 3.63) is 0 Å². The number of carbonyl (C=O) groups excluding carboxylic acids is 2. The van der Waals surface area contributed by atoms with Crippen molar-refractivity contribution in [3.63, 3.8) is 0 Å². The van der Waals surface area contributed by atoms with E-state index >= 15 is 0 Å². The highest BCUT2D eigenvalue weighted by Gasteiger charge is 2.26. The molecule has 0 amide bonds. The SMILES string of the molecule is CCCCCCSCCCCCCCCCCC(=O)OCC(COP(=O)(O)OCCN)OC(=O)CCCCCCCCCCSCCCCCC. The fraction of sp³-hybridized carbons (Fsp3) is 0.949. The summed E-state index contributed by atoms with van der Waals surface area (Å²) in [6.45, 7) is 3.75. The number of ether oxygens (including phenoxy) is 2. The number of phosphoric ester groups is 1. The van der Waals surface area contributed by atoms with Crippen molar-refractivity contribution in [1.29, 1.82) is 0 Å². The first kappa shape index (κ1) is 50.7. The van der Waals surface area contributed by atoms with E-state index in [1.807, 2.05) is 0 Å². The summed E-state index contributed by atoms with van der Waals surface area (Å²) >= 11 is 4.19. The molecule has 0 aromatic heterocycles. The van der Waals surface area contributed by atoms with Gasteiger partial charge >= 0.3 is 19.8 Å². The number of hydrogen-bond donors (Lipinski definition) is 2. The molecule has 0 spiro atoms. The van der Waals surface area contributed by atoms with Crippen LogP contribution in [0.1, 0.15) is 181 Å². The third-order valence-corrected chi connectivity index (χ3v) is 11.9. The Morgan fingerprint density at radius 1 is 0.569 bits per heavy atom. The number of thioether (sulfide) groups is 2. The van der Waals surface area contributed by atoms with Crippen LogP contribution in [0.25, 0.3) is 0 Å². The molecule has 0 radical (unpaired) electrons. The molecule has 0 heterocycles. The summed E-state index contributed by atoms with van der Waals surface area (Å²) in [6.07, 6.45) is 28.3. The number of rotatable bonds is 41. The summed E-state index contributed by atoms with van der Waals surface area (Å²) in [5.41, 5.74) is 5.34. The van der Waals surface area contributed by atoms with Gasteiger partial charge in [0.05, 0.1) is 13.2 Å². The molecule has 0 saturated heterocycles. The van der Waals surface area contributed by atoms with Gasteiger partial charge in [-0.3, -0.25) is 18.6 Å². The summed E-state index contributed by atoms with van der Waals surface area (Å²) in [6, 6.07) is 0. The van der Waals surface area contributed by atoms with E-state index < -0.39 is 26.5 Å². The maximum Gasteiger partial charge on any atom is 0.472 e. The van der Waals surface area contributed by atoms with Crippen LogP contribution in [0.4, 0.5) is 0 Å². The lowest BCUT2D eigenvalue weighted by Crippen LogP contribution is -2.29. The van der Waals surface area contributed by atoms with Gasteiger partial charge < -0.3 is 20.1 Å². The number of carbonyl (C=O) groups is 2. The third-order valence-electron chi connectivity index (χ3n) is 8.65. The van der Waals surface area contributed by atoms with Gasteiger partial charge in [-0.15, -0.1) is 0 Å². The zero-order valence-electron chi connectivity index (χ0n) is 32.8. The van der Waals surface area contributed by atoms with Crippen molar-refractivity contribution in [1.82, 2.24) is 0 Å². The summed E-state index contributed by atoms with van der Waals surface area (Å²) in [4.78, 5) is 34.8. The van der Waals surface area contributed by atoms with Crippen molar-refractivity contribution in [2.24, 2.45) is 5.73 Å². The molecule has 51 heavy (non-hydrogen) atoms. The first-order valence-corrected chi connectivity index (χ1v) is 24.5. The van der Waals surface area contributed by atoms with E-state index in [-0.39, 0.29) is 38.6 Å². The summed E-state index contributed by atoms with van der Waals surface area (Å²) in [5.74, 6) is 4.33. The van der Waals surface area contributed by atoms with Crippen LogP contribution in [-0.4, -0.2) is 72.3 Å². The lowest BCUT2D eigenvalue weighted by atomic mass is 10.1. The minimum absolute atomic E-state index is 0.0564. The zero-order valence-corrected chi connectivity index (χ0v) is 35.3. The van der Waals surface area contributed by atoms with Gasteiger partial charge in [0.2, 0.25) is 0 Å². The first-order chi connectivity index (χ1) is 24.8. The highest BCUT2D eigenvalue weighted by Crippen LogP contribution is 2.43. The second-order valence-electron chi connectivity index (χ2n) is 13.7. The summed E-state index contributed by atoms with van der Waals surface area (Å²) in [5, 5.41) is 0. The normalized spacial score (nSPS) is 13.3. The van der Waals surface area contributed by atoms with E-state index in [4.69, 9.17) is 24.3 Å². The van der Waals surface area contributed by atoms with E-state index in [1.165, 1.54) is 139 Å². The monoisotopic (exact) mass is 783 g/mol. The molecule has 0 fully saturated rings. The maximum atomic E-state index is 12.6. The Kier molecular flexibility index (Phi) is 39.2. The van der Waals surface area contributed by atoms with Crippen LogP contribution in [0.15, 0.2) is 0 Å². The number of phosphoric acid groups is 1. The van der Waals surface area contributed by atoms with E-state index in [2.05, 4.69) is 37.4 Å². The Morgan fingerprint density at radius 3 is 1.39 bits per heavy atom. The lowest BCUT2D eigenvalue weighted by Gasteiger charge is -2.19. The van der Waals surface area contributed by atoms with Gasteiger partial charge in [0, 0.05) is 19.4 Å². The van der Waals surface area contributed by atoms with Gasteiger partial charge in [-0.05, 0) is 61.5 Å². The Hall–Kier alpha value is -0.290. The van der Waals surface area contributed by atoms with Crippen LogP contribution in [0.5, 0.6) is 0 Å². The average Bonchev–Trinajstić information content (AvgIpc) is 3.11. The maximum absolute atomic E-state index is 12.6. The minimum atomic E-state index is -4.37. The Morgan fingerprint density at radius 2 is 0.961 bits per heavy atom. The van der Waals surface area contributed by atoms with Crippen LogP contribution in [-0.2, 0) is 32.7 Å². The third kappa shape index (κ3) is 39.2. The van der Waals surface area contributed by atoms with E-state index in [0.717, 1.165) is 32.1 Å². The van der Waals surface area contributed by atoms with Crippen LogP contribution >= 0.6 is 31.3 Å². The first-order valence-electron chi connectivity index (χ1n) is 20.7. The van der Waals surface area contributed by atoms with Crippen molar-refractivity contribution < 1.29 is 37.6 Å². The molecule has 0 aromatic carbocycles. The van der Waals surface area contributed by atoms with Crippen molar-refractivity contribution in [2.45, 2.75) is 187 Å². The highest BCUT2D eigenvalue weighted by atomic mass is 32.2. The largest absolute Gasteiger partial charge is 0.472 e. The van der Waals surface area contributed by atoms with Gasteiger partial charge in [0.25, 0.3) is 0 Å². The van der Waals surface area contributed by atoms with Crippen LogP contribution in [0, 0.1) is 0 Å². The molecule has 0 aliphatic heterocycles. The number of unbranched alkanes of at least 4 members (excludes halogenated alkanes) is 20. The predicted molar refractivity (Wildman–Crippen MR) is 218 cm³/mol. The van der Waals surface area contributed by atoms with Crippen molar-refractivity contribution in [3.8, 4) is 0 Å². The predicted octanol–water partition coefficient (Wildman–Crippen LogP) is 11.2. The van der Waals surface area contributed by atoms with Crippen LogP contribution in [0.2, 0.25) is 0 Å². The topological polar surface area (TPSA) is 134 Å². The van der Waals surface area contributed by atoms with Gasteiger partial charge in [-0.2, -0.15) is 23.5 Å². The van der Waals surface area contributed by atoms with Gasteiger partial charge in [0.1, 0.15) is 6.61 Å². The molecule has 0 aliphatic carbocycles. The molecule has 304 valence electrons. The van der Waals surface area contributed by atoms with Gasteiger partial charge in [-0.1, -0.05) is 129 Å². The molecule has 12 heteroatoms. The lowest BCUT2D eigenvalue weighted by molar-refractivity contribution is -0.161. The Balaban J connectivity index is 4.11. The van der Waals surface area contributed by atoms with Crippen molar-refractivity contribution >= 4 is 43.3 Å². The standard InChI is InChI=1S/C39H78NO8PS2/c1-3-5-7-23-31-50-33-25-19-15-11-9-13-17-21-27-38(41)45-35-37(36-47-49(43,44)46-30-29-40)48-39(42)28-22-18-14-10-12-16-20-26-34-51-32-24-8-6-4-2/h37H,3-36,40H2,1-2H3,(H,43,44). The Bertz CT molecular complexity index is 826. The molecule has 0 bridgehead atoms. The van der Waals surface area contributed by atoms with E-state index in [9.17, 15) is 19.0 Å². The molecule has 2 unspecified atom stereocenters.